The summed E-state index contributed by atoms with van der Waals surface area (Å²) in [5.74, 6) is 2.24. The van der Waals surface area contributed by atoms with Crippen molar-refractivity contribution in [2.75, 3.05) is 17.7 Å². The Morgan fingerprint density at radius 3 is 2.33 bits per heavy atom. The molecule has 102 valence electrons. The van der Waals surface area contributed by atoms with Gasteiger partial charge in [-0.05, 0) is 26.2 Å². The molecule has 1 aromatic heterocycles. The maximum Gasteiger partial charge on any atom is 0.135 e. The highest BCUT2D eigenvalue weighted by Crippen LogP contribution is 2.30. The number of aromatic nitrogens is 2. The summed E-state index contributed by atoms with van der Waals surface area (Å²) < 4.78 is 0. The second kappa shape index (κ2) is 6.03. The third-order valence-corrected chi connectivity index (χ3v) is 3.03. The number of hydrogen-bond donors (Lipinski definition) is 2. The van der Waals surface area contributed by atoms with Crippen LogP contribution in [0.5, 0.6) is 0 Å². The fourth-order valence-corrected chi connectivity index (χ4v) is 2.25. The molecule has 0 saturated heterocycles. The Bertz CT molecular complexity index is 385. The third-order valence-electron chi connectivity index (χ3n) is 3.03. The zero-order valence-electron chi connectivity index (χ0n) is 12.5. The van der Waals surface area contributed by atoms with Crippen molar-refractivity contribution in [1.29, 1.82) is 0 Å². The Hall–Kier alpha value is -1.32. The molecule has 4 heteroatoms. The topological polar surface area (TPSA) is 49.8 Å². The van der Waals surface area contributed by atoms with Crippen LogP contribution in [0.15, 0.2) is 6.33 Å². The summed E-state index contributed by atoms with van der Waals surface area (Å²) in [5.41, 5.74) is 1.21. The fraction of sp³-hybridized carbons (Fsp3) is 0.714. The van der Waals surface area contributed by atoms with E-state index in [2.05, 4.69) is 55.2 Å². The molecule has 1 heterocycles. The molecular weight excluding hydrogens is 224 g/mol. The molecule has 0 bridgehead atoms. The lowest BCUT2D eigenvalue weighted by molar-refractivity contribution is 0.508. The van der Waals surface area contributed by atoms with Crippen molar-refractivity contribution in [2.24, 2.45) is 0 Å². The Morgan fingerprint density at radius 1 is 1.22 bits per heavy atom. The van der Waals surface area contributed by atoms with E-state index in [9.17, 15) is 0 Å². The number of rotatable bonds is 6. The van der Waals surface area contributed by atoms with Crippen LogP contribution in [0.4, 0.5) is 11.6 Å². The molecule has 2 N–H and O–H groups in total. The van der Waals surface area contributed by atoms with Crippen LogP contribution < -0.4 is 10.6 Å². The smallest absolute Gasteiger partial charge is 0.135 e. The maximum atomic E-state index is 4.41. The van der Waals surface area contributed by atoms with Crippen molar-refractivity contribution in [3.05, 3.63) is 11.9 Å². The van der Waals surface area contributed by atoms with Gasteiger partial charge in [0.1, 0.15) is 18.0 Å². The van der Waals surface area contributed by atoms with E-state index in [-0.39, 0.29) is 5.54 Å². The van der Waals surface area contributed by atoms with Crippen molar-refractivity contribution in [1.82, 2.24) is 9.97 Å². The normalized spacial score (nSPS) is 11.7. The Labute approximate surface area is 111 Å². The summed E-state index contributed by atoms with van der Waals surface area (Å²) >= 11 is 0. The van der Waals surface area contributed by atoms with Crippen LogP contribution in [0, 0.1) is 0 Å². The number of hydrogen-bond acceptors (Lipinski definition) is 4. The molecule has 0 unspecified atom stereocenters. The lowest BCUT2D eigenvalue weighted by Gasteiger charge is -2.28. The van der Waals surface area contributed by atoms with Crippen molar-refractivity contribution < 1.29 is 0 Å². The quantitative estimate of drug-likeness (QED) is 0.809. The Balaban J connectivity index is 3.08. The van der Waals surface area contributed by atoms with Gasteiger partial charge in [-0.2, -0.15) is 0 Å². The van der Waals surface area contributed by atoms with E-state index in [4.69, 9.17) is 0 Å². The number of nitrogens with zero attached hydrogens (tertiary/aromatic N) is 2. The van der Waals surface area contributed by atoms with Gasteiger partial charge >= 0.3 is 0 Å². The van der Waals surface area contributed by atoms with Gasteiger partial charge in [-0.1, -0.05) is 27.2 Å². The first kappa shape index (κ1) is 14.7. The van der Waals surface area contributed by atoms with Gasteiger partial charge in [-0.25, -0.2) is 9.97 Å². The average molecular weight is 250 g/mol. The highest BCUT2D eigenvalue weighted by molar-refractivity contribution is 5.59. The van der Waals surface area contributed by atoms with Gasteiger partial charge in [-0.15, -0.1) is 0 Å². The van der Waals surface area contributed by atoms with Crippen molar-refractivity contribution in [3.63, 3.8) is 0 Å². The first-order chi connectivity index (χ1) is 8.41. The van der Waals surface area contributed by atoms with Crippen LogP contribution in [0.3, 0.4) is 0 Å². The SMILES string of the molecule is CCCC(C)(C)Nc1ncnc(NC)c1C(C)C. The van der Waals surface area contributed by atoms with E-state index < -0.39 is 0 Å². The molecule has 0 fully saturated rings. The van der Waals surface area contributed by atoms with Crippen LogP contribution in [0.25, 0.3) is 0 Å². The summed E-state index contributed by atoms with van der Waals surface area (Å²) in [6, 6.07) is 0. The molecule has 0 aliphatic rings. The van der Waals surface area contributed by atoms with Gasteiger partial charge in [-0.3, -0.25) is 0 Å². The van der Waals surface area contributed by atoms with E-state index in [1.807, 2.05) is 7.05 Å². The minimum Gasteiger partial charge on any atom is -0.373 e. The van der Waals surface area contributed by atoms with E-state index >= 15 is 0 Å². The van der Waals surface area contributed by atoms with Crippen LogP contribution in [-0.2, 0) is 0 Å². The second-order valence-electron chi connectivity index (χ2n) is 5.65. The zero-order valence-corrected chi connectivity index (χ0v) is 12.5. The van der Waals surface area contributed by atoms with Gasteiger partial charge in [0.15, 0.2) is 0 Å². The lowest BCUT2D eigenvalue weighted by atomic mass is 9.97. The summed E-state index contributed by atoms with van der Waals surface area (Å²) in [7, 11) is 1.90. The lowest BCUT2D eigenvalue weighted by Crippen LogP contribution is -2.31. The van der Waals surface area contributed by atoms with Crippen molar-refractivity contribution >= 4 is 11.6 Å². The average Bonchev–Trinajstić information content (AvgIpc) is 2.27. The number of anilines is 2. The molecule has 0 aliphatic carbocycles. The largest absolute Gasteiger partial charge is 0.373 e. The fourth-order valence-electron chi connectivity index (χ4n) is 2.25. The van der Waals surface area contributed by atoms with Crippen LogP contribution >= 0.6 is 0 Å². The minimum atomic E-state index is 0.0533. The third kappa shape index (κ3) is 3.59. The van der Waals surface area contributed by atoms with Gasteiger partial charge in [0.2, 0.25) is 0 Å². The zero-order chi connectivity index (χ0) is 13.8. The van der Waals surface area contributed by atoms with E-state index in [1.54, 1.807) is 6.33 Å². The molecule has 0 saturated carbocycles. The van der Waals surface area contributed by atoms with E-state index in [0.29, 0.717) is 5.92 Å². The Kier molecular flexibility index (Phi) is 4.93. The molecule has 0 amide bonds. The van der Waals surface area contributed by atoms with Crippen LogP contribution in [0.2, 0.25) is 0 Å². The van der Waals surface area contributed by atoms with E-state index in [1.165, 1.54) is 0 Å². The van der Waals surface area contributed by atoms with E-state index in [0.717, 1.165) is 30.0 Å². The molecule has 1 aromatic rings. The van der Waals surface area contributed by atoms with Crippen molar-refractivity contribution in [2.45, 2.75) is 58.9 Å². The van der Waals surface area contributed by atoms with Gasteiger partial charge in [0.25, 0.3) is 0 Å². The molecule has 0 atom stereocenters. The predicted molar refractivity (Wildman–Crippen MR) is 78.3 cm³/mol. The molecule has 0 aromatic carbocycles. The van der Waals surface area contributed by atoms with Gasteiger partial charge in [0.05, 0.1) is 0 Å². The standard InChI is InChI=1S/C14H26N4/c1-7-8-14(4,5)18-13-11(10(2)3)12(15-6)16-9-17-13/h9-10H,7-8H2,1-6H3,(H2,15,16,17,18). The van der Waals surface area contributed by atoms with Crippen LogP contribution in [0.1, 0.15) is 58.9 Å². The first-order valence-electron chi connectivity index (χ1n) is 6.72. The molecule has 1 rings (SSSR count). The maximum absolute atomic E-state index is 4.41. The van der Waals surface area contributed by atoms with Gasteiger partial charge in [0, 0.05) is 18.2 Å². The Morgan fingerprint density at radius 2 is 1.83 bits per heavy atom. The summed E-state index contributed by atoms with van der Waals surface area (Å²) in [5, 5.41) is 6.70. The highest BCUT2D eigenvalue weighted by atomic mass is 15.1. The number of nitrogens with one attached hydrogen (secondary N) is 2. The monoisotopic (exact) mass is 250 g/mol. The molecular formula is C14H26N4. The molecule has 0 spiro atoms. The van der Waals surface area contributed by atoms with Crippen LogP contribution in [-0.4, -0.2) is 22.6 Å². The summed E-state index contributed by atoms with van der Waals surface area (Å²) in [4.78, 5) is 8.71. The predicted octanol–water partition coefficient (Wildman–Crippen LogP) is 3.63. The molecule has 18 heavy (non-hydrogen) atoms. The molecule has 4 nitrogen and oxygen atoms in total. The van der Waals surface area contributed by atoms with Gasteiger partial charge < -0.3 is 10.6 Å². The molecule has 0 radical (unpaired) electrons. The first-order valence-corrected chi connectivity index (χ1v) is 6.72. The second-order valence-corrected chi connectivity index (χ2v) is 5.65. The minimum absolute atomic E-state index is 0.0533. The summed E-state index contributed by atoms with van der Waals surface area (Å²) in [6.45, 7) is 10.9. The highest BCUT2D eigenvalue weighted by Gasteiger charge is 2.21. The molecule has 0 aliphatic heterocycles. The summed E-state index contributed by atoms with van der Waals surface area (Å²) in [6.07, 6.45) is 3.88. The van der Waals surface area contributed by atoms with Crippen molar-refractivity contribution in [3.8, 4) is 0 Å².